The average molecular weight is 384 g/mol. The van der Waals surface area contributed by atoms with Gasteiger partial charge in [0.15, 0.2) is 6.61 Å². The van der Waals surface area contributed by atoms with E-state index in [0.717, 1.165) is 39.3 Å². The van der Waals surface area contributed by atoms with Gasteiger partial charge in [-0.2, -0.15) is 0 Å². The van der Waals surface area contributed by atoms with Crippen LogP contribution in [0.4, 0.5) is 0 Å². The Morgan fingerprint density at radius 1 is 1.30 bits per heavy atom. The summed E-state index contributed by atoms with van der Waals surface area (Å²) in [5.41, 5.74) is 0. The summed E-state index contributed by atoms with van der Waals surface area (Å²) in [6, 6.07) is 4.90. The summed E-state index contributed by atoms with van der Waals surface area (Å²) in [7, 11) is 0. The summed E-state index contributed by atoms with van der Waals surface area (Å²) in [5, 5.41) is 3.76. The van der Waals surface area contributed by atoms with E-state index in [1.807, 2.05) is 0 Å². The minimum atomic E-state index is -0.159. The minimum Gasteiger partial charge on any atom is -0.482 e. The van der Waals surface area contributed by atoms with Crippen LogP contribution in [0.3, 0.4) is 0 Å². The predicted octanol–water partition coefficient (Wildman–Crippen LogP) is 2.63. The topological polar surface area (TPSA) is 50.8 Å². The number of hydrogen-bond donors (Lipinski definition) is 1. The smallest absolute Gasteiger partial charge is 0.257 e. The van der Waals surface area contributed by atoms with Crippen LogP contribution < -0.4 is 10.1 Å². The van der Waals surface area contributed by atoms with Gasteiger partial charge >= 0.3 is 0 Å². The summed E-state index contributed by atoms with van der Waals surface area (Å²) in [6.45, 7) is 5.06. The second-order valence-electron chi connectivity index (χ2n) is 5.02. The highest BCUT2D eigenvalue weighted by Gasteiger charge is 2.10. The molecule has 0 atom stereocenters. The van der Waals surface area contributed by atoms with E-state index in [-0.39, 0.29) is 24.9 Å². The SMILES string of the molecule is Cl.O=C(COc1ccc(Cl)cc1Cl)NCCCN1CCOCC1. The maximum absolute atomic E-state index is 11.7. The molecule has 1 aromatic carbocycles. The van der Waals surface area contributed by atoms with Crippen LogP contribution in [0.2, 0.25) is 10.0 Å². The number of nitrogens with zero attached hydrogens (tertiary/aromatic N) is 1. The van der Waals surface area contributed by atoms with Crippen LogP contribution in [0.5, 0.6) is 5.75 Å². The second kappa shape index (κ2) is 10.9. The number of benzene rings is 1. The molecule has 0 bridgehead atoms. The molecule has 0 aromatic heterocycles. The molecule has 1 aliphatic heterocycles. The van der Waals surface area contributed by atoms with Gasteiger partial charge in [-0.05, 0) is 31.2 Å². The molecule has 1 N–H and O–H groups in total. The number of carbonyl (C=O) groups excluding carboxylic acids is 1. The Labute approximate surface area is 152 Å². The zero-order valence-corrected chi connectivity index (χ0v) is 15.1. The first-order chi connectivity index (χ1) is 10.6. The first-order valence-corrected chi connectivity index (χ1v) is 8.05. The molecule has 130 valence electrons. The third-order valence-corrected chi connectivity index (χ3v) is 3.86. The second-order valence-corrected chi connectivity index (χ2v) is 5.86. The van der Waals surface area contributed by atoms with Crippen molar-refractivity contribution < 1.29 is 14.3 Å². The third kappa shape index (κ3) is 7.59. The normalized spacial score (nSPS) is 14.9. The van der Waals surface area contributed by atoms with Crippen LogP contribution in [0.15, 0.2) is 18.2 Å². The molecule has 0 spiro atoms. The van der Waals surface area contributed by atoms with Crippen LogP contribution in [0.1, 0.15) is 6.42 Å². The number of amides is 1. The Kier molecular flexibility index (Phi) is 9.67. The fourth-order valence-corrected chi connectivity index (χ4v) is 2.60. The lowest BCUT2D eigenvalue weighted by molar-refractivity contribution is -0.123. The molecule has 0 unspecified atom stereocenters. The molecule has 1 heterocycles. The van der Waals surface area contributed by atoms with Gasteiger partial charge in [-0.1, -0.05) is 23.2 Å². The van der Waals surface area contributed by atoms with Gasteiger partial charge in [0.1, 0.15) is 5.75 Å². The molecule has 1 aromatic rings. The van der Waals surface area contributed by atoms with Gasteiger partial charge in [-0.3, -0.25) is 9.69 Å². The first-order valence-electron chi connectivity index (χ1n) is 7.30. The van der Waals surface area contributed by atoms with Crippen molar-refractivity contribution in [3.05, 3.63) is 28.2 Å². The van der Waals surface area contributed by atoms with E-state index in [1.165, 1.54) is 0 Å². The minimum absolute atomic E-state index is 0. The molecule has 1 amide bonds. The van der Waals surface area contributed by atoms with Crippen molar-refractivity contribution in [3.63, 3.8) is 0 Å². The maximum Gasteiger partial charge on any atom is 0.257 e. The maximum atomic E-state index is 11.7. The van der Waals surface area contributed by atoms with Crippen molar-refractivity contribution in [2.45, 2.75) is 6.42 Å². The average Bonchev–Trinajstić information content (AvgIpc) is 2.52. The first kappa shape index (κ1) is 20.3. The number of morpholine rings is 1. The van der Waals surface area contributed by atoms with Crippen LogP contribution in [0.25, 0.3) is 0 Å². The zero-order chi connectivity index (χ0) is 15.8. The number of nitrogens with one attached hydrogen (secondary N) is 1. The number of carbonyl (C=O) groups is 1. The number of halogens is 3. The highest BCUT2D eigenvalue weighted by atomic mass is 35.5. The van der Waals surface area contributed by atoms with E-state index < -0.39 is 0 Å². The van der Waals surface area contributed by atoms with Crippen LogP contribution in [-0.4, -0.2) is 56.8 Å². The quantitative estimate of drug-likeness (QED) is 0.736. The Balaban J connectivity index is 0.00000264. The van der Waals surface area contributed by atoms with Gasteiger partial charge in [-0.25, -0.2) is 0 Å². The molecular weight excluding hydrogens is 363 g/mol. The van der Waals surface area contributed by atoms with Crippen LogP contribution in [-0.2, 0) is 9.53 Å². The van der Waals surface area contributed by atoms with E-state index in [2.05, 4.69) is 10.2 Å². The molecule has 5 nitrogen and oxygen atoms in total. The molecule has 1 saturated heterocycles. The third-order valence-electron chi connectivity index (χ3n) is 3.33. The largest absolute Gasteiger partial charge is 0.482 e. The Hall–Kier alpha value is -0.720. The number of hydrogen-bond acceptors (Lipinski definition) is 4. The van der Waals surface area contributed by atoms with Crippen LogP contribution in [0, 0.1) is 0 Å². The number of ether oxygens (including phenoxy) is 2. The monoisotopic (exact) mass is 382 g/mol. The fraction of sp³-hybridized carbons (Fsp3) is 0.533. The fourth-order valence-electron chi connectivity index (χ4n) is 2.14. The Morgan fingerprint density at radius 2 is 2.04 bits per heavy atom. The van der Waals surface area contributed by atoms with Crippen molar-refractivity contribution in [3.8, 4) is 5.75 Å². The van der Waals surface area contributed by atoms with E-state index in [0.29, 0.717) is 22.3 Å². The lowest BCUT2D eigenvalue weighted by atomic mass is 10.3. The lowest BCUT2D eigenvalue weighted by Gasteiger charge is -2.26. The van der Waals surface area contributed by atoms with Crippen LogP contribution >= 0.6 is 35.6 Å². The molecule has 0 aliphatic carbocycles. The summed E-state index contributed by atoms with van der Waals surface area (Å²) in [4.78, 5) is 14.0. The molecule has 1 aliphatic rings. The van der Waals surface area contributed by atoms with Crippen molar-refractivity contribution in [1.29, 1.82) is 0 Å². The highest BCUT2D eigenvalue weighted by molar-refractivity contribution is 6.35. The van der Waals surface area contributed by atoms with Crippen molar-refractivity contribution >= 4 is 41.5 Å². The summed E-state index contributed by atoms with van der Waals surface area (Å²) in [6.07, 6.45) is 0.910. The molecular formula is C15H21Cl3N2O3. The van der Waals surface area contributed by atoms with Gasteiger partial charge in [0.2, 0.25) is 0 Å². The van der Waals surface area contributed by atoms with E-state index in [9.17, 15) is 4.79 Å². The van der Waals surface area contributed by atoms with Gasteiger partial charge in [0, 0.05) is 24.7 Å². The summed E-state index contributed by atoms with van der Waals surface area (Å²) >= 11 is 11.8. The summed E-state index contributed by atoms with van der Waals surface area (Å²) in [5.74, 6) is 0.294. The van der Waals surface area contributed by atoms with Crippen molar-refractivity contribution in [2.75, 3.05) is 46.0 Å². The highest BCUT2D eigenvalue weighted by Crippen LogP contribution is 2.27. The molecule has 1 fully saturated rings. The van der Waals surface area contributed by atoms with Gasteiger partial charge in [0.25, 0.3) is 5.91 Å². The van der Waals surface area contributed by atoms with Gasteiger partial charge < -0.3 is 14.8 Å². The van der Waals surface area contributed by atoms with Gasteiger partial charge in [0.05, 0.1) is 18.2 Å². The standard InChI is InChI=1S/C15H20Cl2N2O3.ClH/c16-12-2-3-14(13(17)10-12)22-11-15(20)18-4-1-5-19-6-8-21-9-7-19;/h2-3,10H,1,4-9,11H2,(H,18,20);1H. The lowest BCUT2D eigenvalue weighted by Crippen LogP contribution is -2.38. The molecule has 23 heavy (non-hydrogen) atoms. The van der Waals surface area contributed by atoms with E-state index in [1.54, 1.807) is 18.2 Å². The van der Waals surface area contributed by atoms with Gasteiger partial charge in [-0.15, -0.1) is 12.4 Å². The zero-order valence-electron chi connectivity index (χ0n) is 12.7. The predicted molar refractivity (Wildman–Crippen MR) is 94.1 cm³/mol. The molecule has 2 rings (SSSR count). The van der Waals surface area contributed by atoms with E-state index in [4.69, 9.17) is 32.7 Å². The molecule has 0 radical (unpaired) electrons. The van der Waals surface area contributed by atoms with Crippen molar-refractivity contribution in [1.82, 2.24) is 10.2 Å². The number of rotatable bonds is 7. The van der Waals surface area contributed by atoms with E-state index >= 15 is 0 Å². The molecule has 8 heteroatoms. The summed E-state index contributed by atoms with van der Waals surface area (Å²) < 4.78 is 10.7. The Morgan fingerprint density at radius 3 is 2.74 bits per heavy atom. The Bertz CT molecular complexity index is 497. The molecule has 0 saturated carbocycles. The van der Waals surface area contributed by atoms with Crippen molar-refractivity contribution in [2.24, 2.45) is 0 Å².